The van der Waals surface area contributed by atoms with Crippen molar-refractivity contribution >= 4 is 11.6 Å². The average Bonchev–Trinajstić information content (AvgIpc) is 3.35. The Labute approximate surface area is 179 Å². The molecule has 0 atom stereocenters. The summed E-state index contributed by atoms with van der Waals surface area (Å²) >= 11 is 0. The highest BCUT2D eigenvalue weighted by molar-refractivity contribution is 5.95. The van der Waals surface area contributed by atoms with Crippen molar-refractivity contribution in [1.29, 1.82) is 0 Å². The fraction of sp³-hybridized carbons (Fsp3) is 0.524. The molecule has 3 aromatic heterocycles. The molecule has 1 aliphatic rings. The zero-order chi connectivity index (χ0) is 22.2. The Bertz CT molecular complexity index is 1090. The number of nitrogens with zero attached hydrogens (tertiary/aromatic N) is 4. The Morgan fingerprint density at radius 1 is 1.26 bits per heavy atom. The third-order valence-corrected chi connectivity index (χ3v) is 5.17. The summed E-state index contributed by atoms with van der Waals surface area (Å²) in [5, 5.41) is 11.2. The number of rotatable bonds is 6. The lowest BCUT2D eigenvalue weighted by molar-refractivity contribution is -0.274. The van der Waals surface area contributed by atoms with E-state index in [2.05, 4.69) is 20.5 Å². The fourth-order valence-electron chi connectivity index (χ4n) is 3.49. The highest BCUT2D eigenvalue weighted by Gasteiger charge is 2.47. The molecule has 1 N–H and O–H groups in total. The Balaban J connectivity index is 1.72. The number of nitrogens with one attached hydrogen (secondary N) is 1. The Morgan fingerprint density at radius 2 is 2.00 bits per heavy atom. The maximum Gasteiger partial charge on any atom is 0.271 e. The van der Waals surface area contributed by atoms with E-state index < -0.39 is 11.3 Å². The fourth-order valence-corrected chi connectivity index (χ4v) is 3.49. The van der Waals surface area contributed by atoms with Crippen LogP contribution < -0.4 is 10.1 Å². The number of fused-ring (bicyclic) bond motifs is 1. The molecule has 1 saturated heterocycles. The van der Waals surface area contributed by atoms with Crippen molar-refractivity contribution in [3.63, 3.8) is 0 Å². The minimum atomic E-state index is -1.12. The molecular formula is C21H27N5O5. The Kier molecular flexibility index (Phi) is 5.44. The normalized spacial score (nSPS) is 17.6. The van der Waals surface area contributed by atoms with E-state index in [9.17, 15) is 4.79 Å². The van der Waals surface area contributed by atoms with Crippen LogP contribution in [0.3, 0.4) is 0 Å². The first-order valence-corrected chi connectivity index (χ1v) is 10.3. The lowest BCUT2D eigenvalue weighted by Crippen LogP contribution is -2.59. The maximum atomic E-state index is 13.5. The van der Waals surface area contributed by atoms with Crippen molar-refractivity contribution in [2.24, 2.45) is 0 Å². The van der Waals surface area contributed by atoms with Gasteiger partial charge >= 0.3 is 0 Å². The molecule has 4 rings (SSSR count). The van der Waals surface area contributed by atoms with Crippen molar-refractivity contribution in [3.05, 3.63) is 41.5 Å². The molecule has 31 heavy (non-hydrogen) atoms. The predicted molar refractivity (Wildman–Crippen MR) is 110 cm³/mol. The number of amides is 1. The van der Waals surface area contributed by atoms with Crippen molar-refractivity contribution in [2.75, 3.05) is 19.8 Å². The molecule has 10 nitrogen and oxygen atoms in total. The summed E-state index contributed by atoms with van der Waals surface area (Å²) in [5.74, 6) is 0.183. The first kappa shape index (κ1) is 21.3. The first-order chi connectivity index (χ1) is 14.8. The molecule has 0 aromatic carbocycles. The predicted octanol–water partition coefficient (Wildman–Crippen LogP) is 2.40. The van der Waals surface area contributed by atoms with E-state index in [1.54, 1.807) is 17.5 Å². The number of pyridine rings is 1. The van der Waals surface area contributed by atoms with Crippen molar-refractivity contribution < 1.29 is 23.4 Å². The lowest BCUT2D eigenvalue weighted by atomic mass is 9.99. The summed E-state index contributed by atoms with van der Waals surface area (Å²) in [6, 6.07) is 3.64. The van der Waals surface area contributed by atoms with Gasteiger partial charge in [-0.15, -0.1) is 10.2 Å². The Hall–Kier alpha value is -2.98. The standard InChI is InChI=1S/C21H27N5O5/c1-6-15-24-25-19(31-15)21(11-29-20(4,5)30-12-21)23-18(27)16-13(3)22-17-14(28-7-2)9-8-10-26(16)17/h8-10H,6-7,11-12H2,1-5H3,(H,23,27). The summed E-state index contributed by atoms with van der Waals surface area (Å²) in [6.07, 6.45) is 2.36. The zero-order valence-corrected chi connectivity index (χ0v) is 18.4. The van der Waals surface area contributed by atoms with Crippen LogP contribution in [0.1, 0.15) is 55.7 Å². The summed E-state index contributed by atoms with van der Waals surface area (Å²) in [7, 11) is 0. The van der Waals surface area contributed by atoms with Gasteiger partial charge in [0.05, 0.1) is 25.5 Å². The van der Waals surface area contributed by atoms with E-state index in [0.29, 0.717) is 41.7 Å². The molecule has 166 valence electrons. The van der Waals surface area contributed by atoms with Crippen LogP contribution >= 0.6 is 0 Å². The van der Waals surface area contributed by atoms with E-state index in [1.807, 2.05) is 39.8 Å². The lowest BCUT2D eigenvalue weighted by Gasteiger charge is -2.41. The molecule has 4 heterocycles. The Morgan fingerprint density at radius 3 is 2.65 bits per heavy atom. The van der Waals surface area contributed by atoms with Crippen LogP contribution in [0.5, 0.6) is 5.75 Å². The van der Waals surface area contributed by atoms with Gasteiger partial charge in [0.1, 0.15) is 5.69 Å². The molecule has 0 radical (unpaired) electrons. The number of hydrogen-bond acceptors (Lipinski definition) is 8. The van der Waals surface area contributed by atoms with Gasteiger partial charge in [-0.2, -0.15) is 0 Å². The monoisotopic (exact) mass is 429 g/mol. The van der Waals surface area contributed by atoms with E-state index in [0.717, 1.165) is 0 Å². The number of carbonyl (C=O) groups excluding carboxylic acids is 1. The number of ether oxygens (including phenoxy) is 3. The van der Waals surface area contributed by atoms with Gasteiger partial charge < -0.3 is 23.9 Å². The van der Waals surface area contributed by atoms with E-state index >= 15 is 0 Å². The summed E-state index contributed by atoms with van der Waals surface area (Å²) in [4.78, 5) is 18.0. The number of carbonyl (C=O) groups is 1. The third-order valence-electron chi connectivity index (χ3n) is 5.17. The number of aromatic nitrogens is 4. The summed E-state index contributed by atoms with van der Waals surface area (Å²) in [6.45, 7) is 9.96. The second-order valence-corrected chi connectivity index (χ2v) is 7.91. The van der Waals surface area contributed by atoms with Crippen molar-refractivity contribution in [1.82, 2.24) is 24.9 Å². The molecule has 0 unspecified atom stereocenters. The van der Waals surface area contributed by atoms with Gasteiger partial charge in [-0.3, -0.25) is 9.20 Å². The second kappa shape index (κ2) is 7.93. The SMILES string of the molecule is CCOc1cccn2c(C(=O)NC3(c4nnc(CC)o4)COC(C)(C)OC3)c(C)nc12. The minimum absolute atomic E-state index is 0.122. The molecule has 1 aliphatic heterocycles. The topological polar surface area (TPSA) is 113 Å². The quantitative estimate of drug-likeness (QED) is 0.636. The van der Waals surface area contributed by atoms with Gasteiger partial charge in [-0.1, -0.05) is 6.92 Å². The highest BCUT2D eigenvalue weighted by atomic mass is 16.7. The first-order valence-electron chi connectivity index (χ1n) is 10.3. The number of hydrogen-bond donors (Lipinski definition) is 1. The van der Waals surface area contributed by atoms with Crippen molar-refractivity contribution in [2.45, 2.75) is 52.4 Å². The average molecular weight is 429 g/mol. The molecule has 10 heteroatoms. The van der Waals surface area contributed by atoms with Gasteiger partial charge in [-0.05, 0) is 39.8 Å². The maximum absolute atomic E-state index is 13.5. The minimum Gasteiger partial charge on any atom is -0.490 e. The molecule has 0 bridgehead atoms. The van der Waals surface area contributed by atoms with Crippen LogP contribution in [0.4, 0.5) is 0 Å². The second-order valence-electron chi connectivity index (χ2n) is 7.91. The van der Waals surface area contributed by atoms with Crippen molar-refractivity contribution in [3.8, 4) is 5.75 Å². The van der Waals surface area contributed by atoms with Crippen LogP contribution in [0.25, 0.3) is 5.65 Å². The van der Waals surface area contributed by atoms with E-state index in [4.69, 9.17) is 18.6 Å². The third kappa shape index (κ3) is 3.88. The smallest absolute Gasteiger partial charge is 0.271 e. The van der Waals surface area contributed by atoms with Crippen LogP contribution in [-0.2, 0) is 21.4 Å². The summed E-state index contributed by atoms with van der Waals surface area (Å²) < 4.78 is 24.9. The van der Waals surface area contributed by atoms with Crippen LogP contribution in [-0.4, -0.2) is 51.1 Å². The number of aryl methyl sites for hydroxylation is 2. The van der Waals surface area contributed by atoms with Crippen LogP contribution in [0.2, 0.25) is 0 Å². The van der Waals surface area contributed by atoms with Gasteiger partial charge in [0, 0.05) is 12.6 Å². The van der Waals surface area contributed by atoms with Crippen LogP contribution in [0, 0.1) is 6.92 Å². The van der Waals surface area contributed by atoms with E-state index in [1.165, 1.54) is 0 Å². The van der Waals surface area contributed by atoms with Crippen LogP contribution in [0.15, 0.2) is 22.7 Å². The molecule has 3 aromatic rings. The highest BCUT2D eigenvalue weighted by Crippen LogP contribution is 2.32. The van der Waals surface area contributed by atoms with Gasteiger partial charge in [0.15, 0.2) is 22.7 Å². The number of imidazole rings is 1. The molecule has 0 spiro atoms. The zero-order valence-electron chi connectivity index (χ0n) is 18.4. The van der Waals surface area contributed by atoms with E-state index in [-0.39, 0.29) is 25.0 Å². The summed E-state index contributed by atoms with van der Waals surface area (Å²) in [5.41, 5.74) is 0.402. The van der Waals surface area contributed by atoms with Gasteiger partial charge in [0.2, 0.25) is 11.8 Å². The molecule has 0 aliphatic carbocycles. The van der Waals surface area contributed by atoms with Gasteiger partial charge in [0.25, 0.3) is 5.91 Å². The molecule has 1 amide bonds. The van der Waals surface area contributed by atoms with Gasteiger partial charge in [-0.25, -0.2) is 4.98 Å². The molecule has 1 fully saturated rings. The molecular weight excluding hydrogens is 402 g/mol. The largest absolute Gasteiger partial charge is 0.490 e. The molecule has 0 saturated carbocycles.